The highest BCUT2D eigenvalue weighted by Gasteiger charge is 2.16. The van der Waals surface area contributed by atoms with E-state index in [2.05, 4.69) is 53.5 Å². The number of nitrogens with zero attached hydrogens (tertiary/aromatic N) is 1. The summed E-state index contributed by atoms with van der Waals surface area (Å²) in [5.41, 5.74) is 3.31. The van der Waals surface area contributed by atoms with E-state index in [4.69, 9.17) is 0 Å². The van der Waals surface area contributed by atoms with Gasteiger partial charge < -0.3 is 4.98 Å². The second-order valence-electron chi connectivity index (χ2n) is 8.71. The summed E-state index contributed by atoms with van der Waals surface area (Å²) in [7, 11) is 0. The summed E-state index contributed by atoms with van der Waals surface area (Å²) in [4.78, 5) is 30.8. The summed E-state index contributed by atoms with van der Waals surface area (Å²) in [5, 5.41) is 4.93. The number of rotatable bonds is 5. The number of aryl methyl sites for hydroxylation is 2. The Hall–Kier alpha value is -3.57. The van der Waals surface area contributed by atoms with Gasteiger partial charge in [-0.25, -0.2) is 4.79 Å². The van der Waals surface area contributed by atoms with Crippen molar-refractivity contribution in [3.63, 3.8) is 0 Å². The van der Waals surface area contributed by atoms with Gasteiger partial charge in [-0.2, -0.15) is 0 Å². The SMILES string of the molecule is CCc1c(Sc2cc(C)cc(C)c2)[nH]c(=O)n(Cc2c3ccccc3cc3ccccc23)c1=O. The molecule has 0 unspecified atom stereocenters. The minimum Gasteiger partial charge on any atom is -0.301 e. The van der Waals surface area contributed by atoms with Crippen LogP contribution in [-0.4, -0.2) is 9.55 Å². The molecule has 0 aliphatic rings. The number of benzene rings is 4. The van der Waals surface area contributed by atoms with Crippen molar-refractivity contribution < 1.29 is 0 Å². The first kappa shape index (κ1) is 22.2. The summed E-state index contributed by atoms with van der Waals surface area (Å²) >= 11 is 1.45. The molecular formula is C29H26N2O2S. The van der Waals surface area contributed by atoms with Crippen molar-refractivity contribution in [3.05, 3.63) is 116 Å². The number of aromatic nitrogens is 2. The molecule has 0 spiro atoms. The molecule has 4 nitrogen and oxygen atoms in total. The average molecular weight is 467 g/mol. The van der Waals surface area contributed by atoms with Crippen LogP contribution in [0, 0.1) is 13.8 Å². The smallest absolute Gasteiger partial charge is 0.301 e. The molecule has 0 amide bonds. The van der Waals surface area contributed by atoms with Crippen molar-refractivity contribution in [2.45, 2.75) is 43.7 Å². The Kier molecular flexibility index (Phi) is 5.88. The number of aromatic amines is 1. The zero-order chi connectivity index (χ0) is 23.8. The fraction of sp³-hybridized carbons (Fsp3) is 0.172. The zero-order valence-electron chi connectivity index (χ0n) is 19.5. The molecule has 1 heterocycles. The Morgan fingerprint density at radius 1 is 0.794 bits per heavy atom. The molecule has 5 rings (SSSR count). The second kappa shape index (κ2) is 8.99. The monoisotopic (exact) mass is 466 g/mol. The minimum atomic E-state index is -0.383. The first-order valence-electron chi connectivity index (χ1n) is 11.5. The zero-order valence-corrected chi connectivity index (χ0v) is 20.3. The molecule has 0 saturated carbocycles. The minimum absolute atomic E-state index is 0.220. The lowest BCUT2D eigenvalue weighted by atomic mass is 9.96. The number of H-pyrrole nitrogens is 1. The van der Waals surface area contributed by atoms with Crippen LogP contribution in [-0.2, 0) is 13.0 Å². The van der Waals surface area contributed by atoms with E-state index in [1.165, 1.54) is 16.3 Å². The van der Waals surface area contributed by atoms with E-state index in [0.29, 0.717) is 17.0 Å². The van der Waals surface area contributed by atoms with Gasteiger partial charge in [0.25, 0.3) is 5.56 Å². The largest absolute Gasteiger partial charge is 0.329 e. The lowest BCUT2D eigenvalue weighted by molar-refractivity contribution is 0.668. The van der Waals surface area contributed by atoms with Gasteiger partial charge in [0, 0.05) is 10.5 Å². The van der Waals surface area contributed by atoms with Gasteiger partial charge in [0.15, 0.2) is 0 Å². The van der Waals surface area contributed by atoms with Gasteiger partial charge in [0.1, 0.15) is 0 Å². The fourth-order valence-corrected chi connectivity index (χ4v) is 5.90. The number of fused-ring (bicyclic) bond motifs is 2. The van der Waals surface area contributed by atoms with Crippen LogP contribution in [0.1, 0.15) is 29.2 Å². The summed E-state index contributed by atoms with van der Waals surface area (Å²) in [5.74, 6) is 0. The molecule has 34 heavy (non-hydrogen) atoms. The molecule has 5 heteroatoms. The Balaban J connectivity index is 1.65. The number of hydrogen-bond acceptors (Lipinski definition) is 3. The topological polar surface area (TPSA) is 54.9 Å². The molecule has 1 N–H and O–H groups in total. The van der Waals surface area contributed by atoms with E-state index in [1.54, 1.807) is 0 Å². The standard InChI is InChI=1S/C29H26N2O2S/c1-4-23-27(34-22-14-18(2)13-19(3)15-22)30-29(33)31(28(23)32)17-26-24-11-7-5-9-20(24)16-21-10-6-8-12-25(21)26/h5-16H,4,17H2,1-3H3,(H,30,33). The Morgan fingerprint density at radius 3 is 1.97 bits per heavy atom. The Morgan fingerprint density at radius 2 is 1.38 bits per heavy atom. The summed E-state index contributed by atoms with van der Waals surface area (Å²) in [6.07, 6.45) is 0.541. The normalized spacial score (nSPS) is 11.4. The van der Waals surface area contributed by atoms with E-state index < -0.39 is 0 Å². The molecule has 4 aromatic carbocycles. The third kappa shape index (κ3) is 4.08. The average Bonchev–Trinajstić information content (AvgIpc) is 2.80. The first-order chi connectivity index (χ1) is 16.4. The van der Waals surface area contributed by atoms with Crippen molar-refractivity contribution in [2.24, 2.45) is 0 Å². The highest BCUT2D eigenvalue weighted by molar-refractivity contribution is 7.99. The molecule has 5 aromatic rings. The molecule has 0 atom stereocenters. The van der Waals surface area contributed by atoms with Crippen molar-refractivity contribution in [2.75, 3.05) is 0 Å². The van der Waals surface area contributed by atoms with E-state index >= 15 is 0 Å². The van der Waals surface area contributed by atoms with Crippen molar-refractivity contribution in [1.29, 1.82) is 0 Å². The predicted octanol–water partition coefficient (Wildman–Crippen LogP) is 6.22. The van der Waals surface area contributed by atoms with Crippen molar-refractivity contribution in [3.8, 4) is 0 Å². The fourth-order valence-electron chi connectivity index (χ4n) is 4.68. The molecule has 0 fully saturated rings. The van der Waals surface area contributed by atoms with Crippen LogP contribution in [0.25, 0.3) is 21.5 Å². The lowest BCUT2D eigenvalue weighted by Crippen LogP contribution is -2.38. The van der Waals surface area contributed by atoms with Crippen molar-refractivity contribution >= 4 is 33.3 Å². The van der Waals surface area contributed by atoms with Crippen LogP contribution in [0.5, 0.6) is 0 Å². The Bertz CT molecular complexity index is 1590. The van der Waals surface area contributed by atoms with Gasteiger partial charge in [-0.05, 0) is 76.7 Å². The van der Waals surface area contributed by atoms with Gasteiger partial charge in [-0.3, -0.25) is 9.36 Å². The van der Waals surface area contributed by atoms with E-state index in [1.807, 2.05) is 45.0 Å². The lowest BCUT2D eigenvalue weighted by Gasteiger charge is -2.15. The highest BCUT2D eigenvalue weighted by atomic mass is 32.2. The third-order valence-electron chi connectivity index (χ3n) is 6.21. The van der Waals surface area contributed by atoms with E-state index in [0.717, 1.165) is 43.1 Å². The van der Waals surface area contributed by atoms with Crippen LogP contribution < -0.4 is 11.2 Å². The van der Waals surface area contributed by atoms with Crippen LogP contribution in [0.2, 0.25) is 0 Å². The number of hydrogen-bond donors (Lipinski definition) is 1. The maximum absolute atomic E-state index is 13.6. The molecule has 170 valence electrons. The molecule has 0 radical (unpaired) electrons. The highest BCUT2D eigenvalue weighted by Crippen LogP contribution is 2.30. The number of nitrogens with one attached hydrogen (secondary N) is 1. The molecule has 0 saturated heterocycles. The van der Waals surface area contributed by atoms with Crippen LogP contribution in [0.4, 0.5) is 0 Å². The molecule has 0 aliphatic carbocycles. The van der Waals surface area contributed by atoms with E-state index in [9.17, 15) is 9.59 Å². The first-order valence-corrected chi connectivity index (χ1v) is 12.3. The van der Waals surface area contributed by atoms with Gasteiger partial charge in [-0.1, -0.05) is 73.3 Å². The molecule has 1 aromatic heterocycles. The Labute approximate surface area is 202 Å². The molecule has 0 aliphatic heterocycles. The summed E-state index contributed by atoms with van der Waals surface area (Å²) < 4.78 is 1.35. The van der Waals surface area contributed by atoms with Gasteiger partial charge in [0.05, 0.1) is 11.6 Å². The summed E-state index contributed by atoms with van der Waals surface area (Å²) in [6, 6.07) is 24.7. The van der Waals surface area contributed by atoms with Gasteiger partial charge >= 0.3 is 5.69 Å². The maximum Gasteiger partial charge on any atom is 0.329 e. The third-order valence-corrected chi connectivity index (χ3v) is 7.23. The quantitative estimate of drug-likeness (QED) is 0.247. The van der Waals surface area contributed by atoms with Crippen LogP contribution >= 0.6 is 11.8 Å². The predicted molar refractivity (Wildman–Crippen MR) is 141 cm³/mol. The second-order valence-corrected chi connectivity index (χ2v) is 9.79. The maximum atomic E-state index is 13.6. The van der Waals surface area contributed by atoms with Crippen LogP contribution in [0.3, 0.4) is 0 Å². The van der Waals surface area contributed by atoms with Crippen molar-refractivity contribution in [1.82, 2.24) is 9.55 Å². The van der Waals surface area contributed by atoms with Gasteiger partial charge in [-0.15, -0.1) is 0 Å². The summed E-state index contributed by atoms with van der Waals surface area (Å²) in [6.45, 7) is 6.27. The van der Waals surface area contributed by atoms with Crippen LogP contribution in [0.15, 0.2) is 92.3 Å². The van der Waals surface area contributed by atoms with E-state index in [-0.39, 0.29) is 17.8 Å². The molecular weight excluding hydrogens is 440 g/mol. The van der Waals surface area contributed by atoms with Gasteiger partial charge in [0.2, 0.25) is 0 Å². The molecule has 0 bridgehead atoms.